The molecule has 2 aromatic heterocycles. The Balaban J connectivity index is 2.58. The number of aromatic nitrogens is 3. The van der Waals surface area contributed by atoms with Gasteiger partial charge >= 0.3 is 0 Å². The summed E-state index contributed by atoms with van der Waals surface area (Å²) in [4.78, 5) is 11.0. The highest BCUT2D eigenvalue weighted by Crippen LogP contribution is 2.27. The first-order valence-corrected chi connectivity index (χ1v) is 6.03. The van der Waals surface area contributed by atoms with Gasteiger partial charge in [-0.3, -0.25) is 0 Å². The second-order valence-electron chi connectivity index (χ2n) is 4.98. The average Bonchev–Trinajstić information content (AvgIpc) is 2.84. The molecule has 0 aliphatic heterocycles. The summed E-state index contributed by atoms with van der Waals surface area (Å²) in [6.45, 7) is 6.51. The van der Waals surface area contributed by atoms with Gasteiger partial charge in [-0.2, -0.15) is 0 Å². The molecule has 0 aromatic carbocycles. The van der Waals surface area contributed by atoms with Crippen molar-refractivity contribution in [2.24, 2.45) is 5.84 Å². The van der Waals surface area contributed by atoms with Gasteiger partial charge in [0.1, 0.15) is 0 Å². The van der Waals surface area contributed by atoms with Crippen LogP contribution in [-0.4, -0.2) is 27.0 Å². The molecule has 18 heavy (non-hydrogen) atoms. The molecule has 2 heterocycles. The number of nitrogen functional groups attached to an aromatic ring is 1. The van der Waals surface area contributed by atoms with E-state index >= 15 is 0 Å². The van der Waals surface area contributed by atoms with E-state index in [1.54, 1.807) is 6.20 Å². The zero-order valence-electron chi connectivity index (χ0n) is 11.3. The summed E-state index contributed by atoms with van der Waals surface area (Å²) in [5.74, 6) is 6.90. The van der Waals surface area contributed by atoms with Crippen LogP contribution in [0.2, 0.25) is 0 Å². The summed E-state index contributed by atoms with van der Waals surface area (Å²) in [5, 5.41) is 0. The number of anilines is 2. The molecule has 3 N–H and O–H groups in total. The van der Waals surface area contributed by atoms with Gasteiger partial charge in [0.15, 0.2) is 17.3 Å². The number of nitrogens with zero attached hydrogens (tertiary/aromatic N) is 4. The molecule has 2 rings (SSSR count). The maximum atomic E-state index is 5.46. The van der Waals surface area contributed by atoms with E-state index in [0.29, 0.717) is 5.82 Å². The molecule has 0 unspecified atom stereocenters. The van der Waals surface area contributed by atoms with Crippen molar-refractivity contribution in [3.05, 3.63) is 18.6 Å². The third-order valence-corrected chi connectivity index (χ3v) is 3.60. The van der Waals surface area contributed by atoms with Crippen LogP contribution in [0.5, 0.6) is 0 Å². The van der Waals surface area contributed by atoms with Crippen LogP contribution in [0, 0.1) is 0 Å². The van der Waals surface area contributed by atoms with Gasteiger partial charge in [-0.1, -0.05) is 6.92 Å². The van der Waals surface area contributed by atoms with Gasteiger partial charge in [0.25, 0.3) is 0 Å². The van der Waals surface area contributed by atoms with Gasteiger partial charge in [0.2, 0.25) is 0 Å². The molecule has 0 aliphatic carbocycles. The minimum Gasteiger partial charge on any atom is -0.351 e. The summed E-state index contributed by atoms with van der Waals surface area (Å²) in [5.41, 5.74) is 3.43. The fourth-order valence-electron chi connectivity index (χ4n) is 1.73. The third kappa shape index (κ3) is 1.99. The van der Waals surface area contributed by atoms with Crippen LogP contribution < -0.4 is 16.2 Å². The van der Waals surface area contributed by atoms with E-state index in [9.17, 15) is 0 Å². The summed E-state index contributed by atoms with van der Waals surface area (Å²) >= 11 is 0. The lowest BCUT2D eigenvalue weighted by atomic mass is 10.0. The third-order valence-electron chi connectivity index (χ3n) is 3.60. The number of nitrogens with two attached hydrogens (primary N) is 1. The largest absolute Gasteiger partial charge is 0.351 e. The zero-order chi connectivity index (χ0) is 13.3. The van der Waals surface area contributed by atoms with Crippen LogP contribution >= 0.6 is 0 Å². The summed E-state index contributed by atoms with van der Waals surface area (Å²) in [6, 6.07) is 0. The van der Waals surface area contributed by atoms with Crippen LogP contribution in [0.3, 0.4) is 0 Å². The lowest BCUT2D eigenvalue weighted by Gasteiger charge is -2.35. The molecular weight excluding hydrogens is 228 g/mol. The number of imidazole rings is 1. The van der Waals surface area contributed by atoms with E-state index in [-0.39, 0.29) is 5.54 Å². The van der Waals surface area contributed by atoms with Gasteiger partial charge in [0.05, 0.1) is 6.20 Å². The summed E-state index contributed by atoms with van der Waals surface area (Å²) in [6.07, 6.45) is 6.47. The molecule has 0 fully saturated rings. The first kappa shape index (κ1) is 12.6. The highest BCUT2D eigenvalue weighted by Gasteiger charge is 2.25. The maximum absolute atomic E-state index is 5.46. The predicted molar refractivity (Wildman–Crippen MR) is 73.6 cm³/mol. The van der Waals surface area contributed by atoms with Crippen LogP contribution in [0.15, 0.2) is 18.6 Å². The van der Waals surface area contributed by atoms with Crippen LogP contribution in [0.4, 0.5) is 11.6 Å². The Morgan fingerprint density at radius 3 is 2.83 bits per heavy atom. The minimum absolute atomic E-state index is 0.00661. The van der Waals surface area contributed by atoms with Crippen molar-refractivity contribution in [3.63, 3.8) is 0 Å². The zero-order valence-corrected chi connectivity index (χ0v) is 11.3. The average molecular weight is 248 g/mol. The van der Waals surface area contributed by atoms with Gasteiger partial charge in [-0.15, -0.1) is 0 Å². The SMILES string of the molecule is CCC(C)(C)N(C)c1nc(NN)cn2ccnc12. The topological polar surface area (TPSA) is 71.5 Å². The number of nitrogens with one attached hydrogen (secondary N) is 1. The molecule has 0 atom stereocenters. The second-order valence-corrected chi connectivity index (χ2v) is 4.98. The van der Waals surface area contributed by atoms with E-state index in [4.69, 9.17) is 5.84 Å². The quantitative estimate of drug-likeness (QED) is 0.635. The van der Waals surface area contributed by atoms with Crippen molar-refractivity contribution in [3.8, 4) is 0 Å². The number of fused-ring (bicyclic) bond motifs is 1. The molecule has 2 aromatic rings. The Hall–Kier alpha value is -1.82. The molecule has 6 heteroatoms. The maximum Gasteiger partial charge on any atom is 0.180 e. The highest BCUT2D eigenvalue weighted by molar-refractivity contribution is 5.67. The number of rotatable bonds is 4. The molecule has 0 bridgehead atoms. The van der Waals surface area contributed by atoms with E-state index in [2.05, 4.69) is 41.1 Å². The lowest BCUT2D eigenvalue weighted by molar-refractivity contribution is 0.468. The molecular formula is C12H20N6. The van der Waals surface area contributed by atoms with Crippen molar-refractivity contribution in [2.45, 2.75) is 32.7 Å². The standard InChI is InChI=1S/C12H20N6/c1-5-12(2,3)17(4)11-10-14-6-7-18(10)8-9(15-11)16-13/h6-8,16H,5,13H2,1-4H3. The molecule has 0 amide bonds. The van der Waals surface area contributed by atoms with E-state index in [0.717, 1.165) is 17.9 Å². The molecule has 0 spiro atoms. The number of hydrazine groups is 1. The predicted octanol–water partition coefficient (Wildman–Crippen LogP) is 1.64. The Kier molecular flexibility index (Phi) is 3.13. The van der Waals surface area contributed by atoms with Crippen LogP contribution in [-0.2, 0) is 0 Å². The fourth-order valence-corrected chi connectivity index (χ4v) is 1.73. The van der Waals surface area contributed by atoms with Crippen molar-refractivity contribution in [2.75, 3.05) is 17.4 Å². The minimum atomic E-state index is 0.00661. The normalized spacial score (nSPS) is 11.8. The molecule has 0 saturated heterocycles. The Morgan fingerprint density at radius 1 is 1.50 bits per heavy atom. The van der Waals surface area contributed by atoms with Gasteiger partial charge in [-0.05, 0) is 20.3 Å². The van der Waals surface area contributed by atoms with Crippen LogP contribution in [0.1, 0.15) is 27.2 Å². The second kappa shape index (κ2) is 4.45. The van der Waals surface area contributed by atoms with Crippen LogP contribution in [0.25, 0.3) is 5.65 Å². The number of hydrogen-bond acceptors (Lipinski definition) is 5. The number of hydrogen-bond donors (Lipinski definition) is 2. The Labute approximate surface area is 107 Å². The van der Waals surface area contributed by atoms with Crippen molar-refractivity contribution < 1.29 is 0 Å². The van der Waals surface area contributed by atoms with Crippen molar-refractivity contribution >= 4 is 17.3 Å². The monoisotopic (exact) mass is 248 g/mol. The van der Waals surface area contributed by atoms with Crippen molar-refractivity contribution in [1.29, 1.82) is 0 Å². The lowest BCUT2D eigenvalue weighted by Crippen LogP contribution is -2.41. The smallest absolute Gasteiger partial charge is 0.180 e. The molecule has 0 radical (unpaired) electrons. The van der Waals surface area contributed by atoms with Gasteiger partial charge in [0, 0.05) is 25.0 Å². The highest BCUT2D eigenvalue weighted by atomic mass is 15.3. The summed E-state index contributed by atoms with van der Waals surface area (Å²) in [7, 11) is 2.03. The van der Waals surface area contributed by atoms with E-state index < -0.39 is 0 Å². The molecule has 0 aliphatic rings. The van der Waals surface area contributed by atoms with Crippen molar-refractivity contribution in [1.82, 2.24) is 14.4 Å². The molecule has 6 nitrogen and oxygen atoms in total. The fraction of sp³-hybridized carbons (Fsp3) is 0.500. The van der Waals surface area contributed by atoms with E-state index in [1.807, 2.05) is 23.8 Å². The summed E-state index contributed by atoms with van der Waals surface area (Å²) < 4.78 is 1.92. The first-order chi connectivity index (χ1) is 8.49. The van der Waals surface area contributed by atoms with Gasteiger partial charge in [-0.25, -0.2) is 15.8 Å². The Morgan fingerprint density at radius 2 is 2.22 bits per heavy atom. The van der Waals surface area contributed by atoms with Gasteiger partial charge < -0.3 is 14.7 Å². The first-order valence-electron chi connectivity index (χ1n) is 6.03. The molecule has 0 saturated carbocycles. The van der Waals surface area contributed by atoms with E-state index in [1.165, 1.54) is 0 Å². The Bertz CT molecular complexity index is 544. The molecule has 98 valence electrons.